The number of nitriles is 1. The van der Waals surface area contributed by atoms with Gasteiger partial charge in [0.15, 0.2) is 17.5 Å². The monoisotopic (exact) mass is 541 g/mol. The summed E-state index contributed by atoms with van der Waals surface area (Å²) in [4.78, 5) is 0. The van der Waals surface area contributed by atoms with E-state index in [-0.39, 0.29) is 41.0 Å². The normalized spacial score (nSPS) is 11.4. The molecule has 0 aliphatic carbocycles. The maximum Gasteiger partial charge on any atom is 0.432 e. The van der Waals surface area contributed by atoms with Crippen molar-refractivity contribution in [1.29, 1.82) is 5.26 Å². The number of hydrogen-bond acceptors (Lipinski definition) is 2. The van der Waals surface area contributed by atoms with Crippen molar-refractivity contribution in [3.63, 3.8) is 0 Å². The van der Waals surface area contributed by atoms with Crippen LogP contribution in [0.3, 0.4) is 0 Å². The summed E-state index contributed by atoms with van der Waals surface area (Å²) in [6, 6.07) is 6.35. The Labute approximate surface area is 206 Å². The fraction of sp³-hybridized carbons (Fsp3) is 0.0385. The lowest BCUT2D eigenvalue weighted by Crippen LogP contribution is -2.25. The summed E-state index contributed by atoms with van der Waals surface area (Å²) in [6.45, 7) is 0. The Kier molecular flexibility index (Phi) is 6.80. The first-order valence-electron chi connectivity index (χ1n) is 10.2. The maximum absolute atomic E-state index is 14.8. The van der Waals surface area contributed by atoms with Crippen LogP contribution in [0.15, 0.2) is 54.6 Å². The van der Waals surface area contributed by atoms with Gasteiger partial charge in [-0.3, -0.25) is 0 Å². The van der Waals surface area contributed by atoms with Crippen LogP contribution in [0.1, 0.15) is 11.1 Å². The molecule has 12 heteroatoms. The van der Waals surface area contributed by atoms with Crippen LogP contribution in [0, 0.1) is 57.9 Å². The molecule has 0 radical (unpaired) electrons. The van der Waals surface area contributed by atoms with E-state index in [0.29, 0.717) is 12.1 Å². The third-order valence-corrected chi connectivity index (χ3v) is 5.28. The quantitative estimate of drug-likeness (QED) is 0.189. The molecule has 0 aromatic heterocycles. The van der Waals surface area contributed by atoms with Gasteiger partial charge in [0.1, 0.15) is 40.4 Å². The number of halogens is 10. The molecular weight excluding hydrogens is 532 g/mol. The van der Waals surface area contributed by atoms with Crippen molar-refractivity contribution in [2.75, 3.05) is 0 Å². The summed E-state index contributed by atoms with van der Waals surface area (Å²) in [7, 11) is 0. The molecule has 4 rings (SSSR count). The lowest BCUT2D eigenvalue weighted by molar-refractivity contribution is -0.189. The van der Waals surface area contributed by atoms with Crippen LogP contribution in [0.5, 0.6) is 5.75 Å². The molecule has 0 amide bonds. The van der Waals surface area contributed by atoms with E-state index >= 15 is 0 Å². The largest absolute Gasteiger partial charge is 0.432 e. The highest BCUT2D eigenvalue weighted by Crippen LogP contribution is 2.39. The molecule has 0 fully saturated rings. The molecule has 0 aliphatic rings. The highest BCUT2D eigenvalue weighted by atomic mass is 19.3. The van der Waals surface area contributed by atoms with E-state index < -0.39 is 75.1 Å². The van der Waals surface area contributed by atoms with Crippen LogP contribution >= 0.6 is 0 Å². The minimum Gasteiger partial charge on any atom is -0.429 e. The first kappa shape index (κ1) is 26.5. The summed E-state index contributed by atoms with van der Waals surface area (Å²) in [5.41, 5.74) is -4.67. The van der Waals surface area contributed by atoms with Gasteiger partial charge in [-0.15, -0.1) is 0 Å². The zero-order valence-corrected chi connectivity index (χ0v) is 18.3. The average molecular weight is 541 g/mol. The van der Waals surface area contributed by atoms with Gasteiger partial charge >= 0.3 is 6.11 Å². The molecule has 194 valence electrons. The molecule has 0 spiro atoms. The Hall–Kier alpha value is -4.53. The van der Waals surface area contributed by atoms with Crippen molar-refractivity contribution in [2.45, 2.75) is 6.11 Å². The van der Waals surface area contributed by atoms with Crippen LogP contribution < -0.4 is 4.74 Å². The average Bonchev–Trinajstić information content (AvgIpc) is 2.81. The van der Waals surface area contributed by atoms with Crippen LogP contribution in [0.25, 0.3) is 22.3 Å². The predicted octanol–water partition coefficient (Wildman–Crippen LogP) is 8.13. The number of rotatable bonds is 5. The molecule has 0 bridgehead atoms. The maximum atomic E-state index is 14.8. The highest BCUT2D eigenvalue weighted by Gasteiger charge is 2.42. The van der Waals surface area contributed by atoms with Crippen LogP contribution in [-0.2, 0) is 6.11 Å². The van der Waals surface area contributed by atoms with Crippen molar-refractivity contribution in [3.8, 4) is 34.1 Å². The summed E-state index contributed by atoms with van der Waals surface area (Å²) >= 11 is 0. The van der Waals surface area contributed by atoms with E-state index in [9.17, 15) is 43.9 Å². The summed E-state index contributed by atoms with van der Waals surface area (Å²) in [5, 5.41) is 8.80. The highest BCUT2D eigenvalue weighted by molar-refractivity contribution is 5.72. The van der Waals surface area contributed by atoms with Crippen molar-refractivity contribution in [3.05, 3.63) is 112 Å². The molecule has 4 aromatic rings. The topological polar surface area (TPSA) is 33.0 Å². The van der Waals surface area contributed by atoms with Crippen LogP contribution in [0.2, 0.25) is 0 Å². The SMILES string of the molecule is N#Cc1ccc(-c2cc(F)c(-c3cc(F)c(C(F)(F)Oc4cc(F)c(F)c(F)c4)c(F)c3)c(F)c2)c(F)c1. The summed E-state index contributed by atoms with van der Waals surface area (Å²) < 4.78 is 146. The lowest BCUT2D eigenvalue weighted by atomic mass is 9.97. The minimum absolute atomic E-state index is 0.0134. The van der Waals surface area contributed by atoms with Crippen molar-refractivity contribution in [2.24, 2.45) is 0 Å². The molecule has 38 heavy (non-hydrogen) atoms. The van der Waals surface area contributed by atoms with Gasteiger partial charge in [0, 0.05) is 17.7 Å². The van der Waals surface area contributed by atoms with Gasteiger partial charge in [-0.2, -0.15) is 14.0 Å². The molecule has 0 atom stereocenters. The van der Waals surface area contributed by atoms with Crippen molar-refractivity contribution < 1.29 is 48.6 Å². The van der Waals surface area contributed by atoms with Crippen LogP contribution in [-0.4, -0.2) is 0 Å². The molecule has 0 saturated heterocycles. The van der Waals surface area contributed by atoms with E-state index in [2.05, 4.69) is 4.74 Å². The second-order valence-electron chi connectivity index (χ2n) is 7.76. The Morgan fingerprint density at radius 3 is 1.63 bits per heavy atom. The Balaban J connectivity index is 1.73. The van der Waals surface area contributed by atoms with Crippen LogP contribution in [0.4, 0.5) is 43.9 Å². The first-order valence-corrected chi connectivity index (χ1v) is 10.2. The zero-order chi connectivity index (χ0) is 27.9. The molecule has 0 saturated carbocycles. The van der Waals surface area contributed by atoms with Gasteiger partial charge < -0.3 is 4.74 Å². The Morgan fingerprint density at radius 2 is 1.13 bits per heavy atom. The number of ether oxygens (including phenoxy) is 1. The third-order valence-electron chi connectivity index (χ3n) is 5.28. The Morgan fingerprint density at radius 1 is 0.605 bits per heavy atom. The fourth-order valence-corrected chi connectivity index (χ4v) is 3.61. The van der Waals surface area contributed by atoms with Gasteiger partial charge in [0.25, 0.3) is 0 Å². The van der Waals surface area contributed by atoms with E-state index in [4.69, 9.17) is 5.26 Å². The van der Waals surface area contributed by atoms with Gasteiger partial charge in [0.05, 0.1) is 17.2 Å². The van der Waals surface area contributed by atoms with E-state index in [1.807, 2.05) is 0 Å². The minimum atomic E-state index is -4.91. The standard InChI is InChI=1S/C26H9F10NO/c27-16-3-11(10-37)1-2-15(16)12-4-17(28)23(18(29)5-12)13-6-19(30)24(20(31)7-13)26(35,36)38-14-8-21(32)25(34)22(33)9-14/h1-9H. The summed E-state index contributed by atoms with van der Waals surface area (Å²) in [5.74, 6) is -15.1. The first-order chi connectivity index (χ1) is 17.8. The van der Waals surface area contributed by atoms with Crippen molar-refractivity contribution >= 4 is 0 Å². The molecule has 0 aliphatic heterocycles. The molecule has 4 aromatic carbocycles. The number of alkyl halides is 2. The van der Waals surface area contributed by atoms with E-state index in [1.165, 1.54) is 6.07 Å². The number of nitrogens with zero attached hydrogens (tertiary/aromatic N) is 1. The zero-order valence-electron chi connectivity index (χ0n) is 18.3. The fourth-order valence-electron chi connectivity index (χ4n) is 3.61. The molecule has 0 unspecified atom stereocenters. The van der Waals surface area contributed by atoms with Gasteiger partial charge in [0.2, 0.25) is 0 Å². The summed E-state index contributed by atoms with van der Waals surface area (Å²) in [6.07, 6.45) is -4.91. The van der Waals surface area contributed by atoms with E-state index in [0.717, 1.165) is 12.1 Å². The van der Waals surface area contributed by atoms with Gasteiger partial charge in [-0.25, -0.2) is 35.1 Å². The molecule has 0 heterocycles. The van der Waals surface area contributed by atoms with Gasteiger partial charge in [-0.1, -0.05) is 6.07 Å². The van der Waals surface area contributed by atoms with Gasteiger partial charge in [-0.05, 0) is 47.5 Å². The number of benzene rings is 4. The second kappa shape index (κ2) is 9.74. The molecular formula is C26H9F10NO. The number of hydrogen-bond donors (Lipinski definition) is 0. The lowest BCUT2D eigenvalue weighted by Gasteiger charge is -2.20. The second-order valence-corrected chi connectivity index (χ2v) is 7.76. The predicted molar refractivity (Wildman–Crippen MR) is 113 cm³/mol. The van der Waals surface area contributed by atoms with E-state index in [1.54, 1.807) is 6.07 Å². The third kappa shape index (κ3) is 4.87. The smallest absolute Gasteiger partial charge is 0.429 e. The molecule has 0 N–H and O–H groups in total. The molecule has 2 nitrogen and oxygen atoms in total. The van der Waals surface area contributed by atoms with Crippen molar-refractivity contribution in [1.82, 2.24) is 0 Å². The Bertz CT molecular complexity index is 1560.